The third-order valence-electron chi connectivity index (χ3n) is 2.72. The second kappa shape index (κ2) is 5.07. The van der Waals surface area contributed by atoms with Crippen LogP contribution in [0.1, 0.15) is 20.8 Å². The van der Waals surface area contributed by atoms with Crippen LogP contribution in [-0.4, -0.2) is 45.8 Å². The summed E-state index contributed by atoms with van der Waals surface area (Å²) in [6, 6.07) is -0.0784. The fourth-order valence-electron chi connectivity index (χ4n) is 1.80. The van der Waals surface area contributed by atoms with Crippen LogP contribution < -0.4 is 5.32 Å². The molecule has 1 fully saturated rings. The van der Waals surface area contributed by atoms with Crippen LogP contribution in [0.4, 0.5) is 0 Å². The Labute approximate surface area is 93.9 Å². The maximum Gasteiger partial charge on any atom is 0.241 e. The molecule has 1 saturated heterocycles. The Morgan fingerprint density at radius 3 is 2.53 bits per heavy atom. The fraction of sp³-hybridized carbons (Fsp3) is 0.900. The monoisotopic (exact) mass is 232 g/mol. The number of carbonyl (C=O) groups is 1. The van der Waals surface area contributed by atoms with E-state index in [1.807, 2.05) is 20.8 Å². The predicted octanol–water partition coefficient (Wildman–Crippen LogP) is 0.167. The van der Waals surface area contributed by atoms with Gasteiger partial charge in [-0.05, 0) is 12.8 Å². The summed E-state index contributed by atoms with van der Waals surface area (Å²) in [7, 11) is -0.835. The molecule has 15 heavy (non-hydrogen) atoms. The molecule has 0 aromatic rings. The molecule has 3 atom stereocenters. The van der Waals surface area contributed by atoms with Gasteiger partial charge < -0.3 is 4.90 Å². The van der Waals surface area contributed by atoms with Gasteiger partial charge in [0, 0.05) is 29.4 Å². The van der Waals surface area contributed by atoms with E-state index in [0.717, 1.165) is 0 Å². The molecule has 1 aliphatic heterocycles. The molecule has 1 N–H and O–H groups in total. The second-order valence-electron chi connectivity index (χ2n) is 4.37. The number of nitrogens with zero attached hydrogens (tertiary/aromatic N) is 1. The zero-order valence-electron chi connectivity index (χ0n) is 9.82. The van der Waals surface area contributed by atoms with Crippen LogP contribution in [0.3, 0.4) is 0 Å². The summed E-state index contributed by atoms with van der Waals surface area (Å²) in [5.41, 5.74) is 0. The standard InChI is InChI=1S/C10H20N2O2S/c1-7(2)9-10(13)12(8(3)11-9)5-6-15(4)14/h7-9,11H,5-6H2,1-4H3. The van der Waals surface area contributed by atoms with Gasteiger partial charge in [0.2, 0.25) is 5.91 Å². The lowest BCUT2D eigenvalue weighted by Crippen LogP contribution is -2.37. The van der Waals surface area contributed by atoms with Gasteiger partial charge in [-0.2, -0.15) is 0 Å². The van der Waals surface area contributed by atoms with Gasteiger partial charge >= 0.3 is 0 Å². The van der Waals surface area contributed by atoms with E-state index in [1.165, 1.54) is 0 Å². The van der Waals surface area contributed by atoms with E-state index >= 15 is 0 Å². The van der Waals surface area contributed by atoms with Gasteiger partial charge in [-0.3, -0.25) is 14.3 Å². The Hall–Kier alpha value is -0.420. The van der Waals surface area contributed by atoms with E-state index in [-0.39, 0.29) is 18.1 Å². The molecule has 1 amide bonds. The third-order valence-corrected chi connectivity index (χ3v) is 3.48. The molecular weight excluding hydrogens is 212 g/mol. The topological polar surface area (TPSA) is 49.4 Å². The van der Waals surface area contributed by atoms with E-state index in [1.54, 1.807) is 11.2 Å². The average molecular weight is 232 g/mol. The highest BCUT2D eigenvalue weighted by atomic mass is 32.2. The number of carbonyl (C=O) groups excluding carboxylic acids is 1. The Balaban J connectivity index is 2.58. The first-order valence-corrected chi connectivity index (χ1v) is 7.02. The maximum atomic E-state index is 11.9. The predicted molar refractivity (Wildman–Crippen MR) is 61.9 cm³/mol. The van der Waals surface area contributed by atoms with Crippen molar-refractivity contribution >= 4 is 16.7 Å². The summed E-state index contributed by atoms with van der Waals surface area (Å²) in [5, 5.41) is 3.25. The SMILES string of the molecule is CC(C)C1NC(C)N(CCS(C)=O)C1=O. The van der Waals surface area contributed by atoms with Gasteiger partial charge in [0.25, 0.3) is 0 Å². The molecule has 1 aliphatic rings. The molecular formula is C10H20N2O2S. The van der Waals surface area contributed by atoms with Crippen LogP contribution in [0.5, 0.6) is 0 Å². The maximum absolute atomic E-state index is 11.9. The number of rotatable bonds is 4. The van der Waals surface area contributed by atoms with Gasteiger partial charge in [0.1, 0.15) is 0 Å². The van der Waals surface area contributed by atoms with Crippen LogP contribution >= 0.6 is 0 Å². The van der Waals surface area contributed by atoms with Crippen molar-refractivity contribution in [3.63, 3.8) is 0 Å². The Morgan fingerprint density at radius 2 is 2.13 bits per heavy atom. The van der Waals surface area contributed by atoms with Crippen molar-refractivity contribution in [2.24, 2.45) is 5.92 Å². The molecule has 3 unspecified atom stereocenters. The summed E-state index contributed by atoms with van der Waals surface area (Å²) in [4.78, 5) is 13.7. The minimum atomic E-state index is -0.835. The van der Waals surface area contributed by atoms with Gasteiger partial charge in [-0.25, -0.2) is 0 Å². The molecule has 0 spiro atoms. The molecule has 88 valence electrons. The van der Waals surface area contributed by atoms with Crippen molar-refractivity contribution in [1.29, 1.82) is 0 Å². The van der Waals surface area contributed by atoms with E-state index in [0.29, 0.717) is 18.2 Å². The van der Waals surface area contributed by atoms with Crippen LogP contribution in [0, 0.1) is 5.92 Å². The van der Waals surface area contributed by atoms with E-state index in [2.05, 4.69) is 5.32 Å². The zero-order valence-corrected chi connectivity index (χ0v) is 10.6. The number of nitrogens with one attached hydrogen (secondary N) is 1. The Morgan fingerprint density at radius 1 is 1.53 bits per heavy atom. The number of amides is 1. The normalized spacial score (nSPS) is 28.9. The summed E-state index contributed by atoms with van der Waals surface area (Å²) in [6.45, 7) is 6.62. The van der Waals surface area contributed by atoms with Crippen LogP contribution in [0.2, 0.25) is 0 Å². The van der Waals surface area contributed by atoms with Gasteiger partial charge in [0.15, 0.2) is 0 Å². The Kier molecular flexibility index (Phi) is 4.28. The summed E-state index contributed by atoms with van der Waals surface area (Å²) < 4.78 is 11.0. The van der Waals surface area contributed by atoms with Crippen molar-refractivity contribution < 1.29 is 9.00 Å². The molecule has 4 nitrogen and oxygen atoms in total. The smallest absolute Gasteiger partial charge is 0.241 e. The van der Waals surface area contributed by atoms with E-state index < -0.39 is 10.8 Å². The first kappa shape index (κ1) is 12.6. The molecule has 5 heteroatoms. The fourth-order valence-corrected chi connectivity index (χ4v) is 2.25. The lowest BCUT2D eigenvalue weighted by atomic mass is 10.1. The summed E-state index contributed by atoms with van der Waals surface area (Å²) >= 11 is 0. The Bertz CT molecular complexity index is 268. The van der Waals surface area contributed by atoms with Crippen molar-refractivity contribution in [3.8, 4) is 0 Å². The number of hydrogen-bond acceptors (Lipinski definition) is 3. The van der Waals surface area contributed by atoms with Gasteiger partial charge in [-0.15, -0.1) is 0 Å². The van der Waals surface area contributed by atoms with Gasteiger partial charge in [-0.1, -0.05) is 13.8 Å². The number of hydrogen-bond donors (Lipinski definition) is 1. The molecule has 0 bridgehead atoms. The lowest BCUT2D eigenvalue weighted by Gasteiger charge is -2.20. The lowest BCUT2D eigenvalue weighted by molar-refractivity contribution is -0.130. The molecule has 0 aromatic carbocycles. The van der Waals surface area contributed by atoms with E-state index in [4.69, 9.17) is 0 Å². The van der Waals surface area contributed by atoms with Gasteiger partial charge in [0.05, 0.1) is 12.2 Å². The molecule has 1 rings (SSSR count). The second-order valence-corrected chi connectivity index (χ2v) is 5.93. The highest BCUT2D eigenvalue weighted by Crippen LogP contribution is 2.16. The van der Waals surface area contributed by atoms with Crippen molar-refractivity contribution in [3.05, 3.63) is 0 Å². The van der Waals surface area contributed by atoms with Crippen LogP contribution in [0.25, 0.3) is 0 Å². The highest BCUT2D eigenvalue weighted by Gasteiger charge is 2.37. The largest absolute Gasteiger partial charge is 0.325 e. The molecule has 0 aliphatic carbocycles. The minimum absolute atomic E-state index is 0.0634. The molecule has 0 aromatic heterocycles. The van der Waals surface area contributed by atoms with Crippen LogP contribution in [-0.2, 0) is 15.6 Å². The summed E-state index contributed by atoms with van der Waals surface area (Å²) in [5.74, 6) is 1.00. The summed E-state index contributed by atoms with van der Waals surface area (Å²) in [6.07, 6.45) is 1.73. The first-order chi connectivity index (χ1) is 6.93. The highest BCUT2D eigenvalue weighted by molar-refractivity contribution is 7.84. The average Bonchev–Trinajstić information content (AvgIpc) is 2.39. The van der Waals surface area contributed by atoms with Crippen molar-refractivity contribution in [2.45, 2.75) is 33.0 Å². The first-order valence-electron chi connectivity index (χ1n) is 5.30. The molecule has 1 heterocycles. The van der Waals surface area contributed by atoms with E-state index in [9.17, 15) is 9.00 Å². The quantitative estimate of drug-likeness (QED) is 0.751. The molecule has 0 saturated carbocycles. The third kappa shape index (κ3) is 3.01. The van der Waals surface area contributed by atoms with Crippen molar-refractivity contribution in [1.82, 2.24) is 10.2 Å². The van der Waals surface area contributed by atoms with Crippen molar-refractivity contribution in [2.75, 3.05) is 18.6 Å². The molecule has 0 radical (unpaired) electrons. The van der Waals surface area contributed by atoms with Crippen LogP contribution in [0.15, 0.2) is 0 Å². The zero-order chi connectivity index (χ0) is 11.6. The minimum Gasteiger partial charge on any atom is -0.325 e.